The van der Waals surface area contributed by atoms with E-state index in [2.05, 4.69) is 20.5 Å². The van der Waals surface area contributed by atoms with Gasteiger partial charge in [-0.15, -0.1) is 0 Å². The van der Waals surface area contributed by atoms with E-state index >= 15 is 0 Å². The van der Waals surface area contributed by atoms with Gasteiger partial charge < -0.3 is 10.1 Å². The van der Waals surface area contributed by atoms with Crippen molar-refractivity contribution in [2.45, 2.75) is 19.3 Å². The maximum atomic E-state index is 11.7. The number of nitrogens with one attached hydrogen (secondary N) is 2. The van der Waals surface area contributed by atoms with Gasteiger partial charge in [-0.25, -0.2) is 4.98 Å². The van der Waals surface area contributed by atoms with E-state index in [4.69, 9.17) is 4.74 Å². The molecule has 6 heteroatoms. The number of hydrogen-bond acceptors (Lipinski definition) is 4. The van der Waals surface area contributed by atoms with Crippen LogP contribution in [0.25, 0.3) is 0 Å². The molecule has 6 nitrogen and oxygen atoms in total. The van der Waals surface area contributed by atoms with E-state index in [9.17, 15) is 4.79 Å². The number of aromatic nitrogens is 3. The molecule has 0 bridgehead atoms. The lowest BCUT2D eigenvalue weighted by Crippen LogP contribution is -2.35. The quantitative estimate of drug-likeness (QED) is 0.748. The van der Waals surface area contributed by atoms with Crippen molar-refractivity contribution in [2.24, 2.45) is 5.92 Å². The van der Waals surface area contributed by atoms with Crippen molar-refractivity contribution < 1.29 is 9.53 Å². The number of hydrogen-bond donors (Lipinski definition) is 2. The lowest BCUT2D eigenvalue weighted by Gasteiger charge is -2.20. The monoisotopic (exact) mass is 224 g/mol. The van der Waals surface area contributed by atoms with Crippen LogP contribution >= 0.6 is 0 Å². The molecule has 0 aromatic carbocycles. The average molecular weight is 224 g/mol. The Balaban J connectivity index is 1.67. The van der Waals surface area contributed by atoms with Crippen molar-refractivity contribution in [1.82, 2.24) is 20.5 Å². The summed E-state index contributed by atoms with van der Waals surface area (Å²) in [6.45, 7) is 1.99. The highest BCUT2D eigenvalue weighted by Gasteiger charge is 2.20. The van der Waals surface area contributed by atoms with Crippen molar-refractivity contribution in [3.63, 3.8) is 0 Å². The summed E-state index contributed by atoms with van der Waals surface area (Å²) in [7, 11) is 0. The topological polar surface area (TPSA) is 79.9 Å². The molecule has 2 heterocycles. The van der Waals surface area contributed by atoms with E-state index in [0.717, 1.165) is 18.7 Å². The molecule has 2 N–H and O–H groups in total. The molecule has 0 saturated carbocycles. The van der Waals surface area contributed by atoms with E-state index in [1.165, 1.54) is 6.33 Å². The molecule has 1 aliphatic heterocycles. The Hall–Kier alpha value is -1.43. The molecule has 88 valence electrons. The van der Waals surface area contributed by atoms with Gasteiger partial charge in [0.25, 0.3) is 0 Å². The minimum Gasteiger partial charge on any atom is -0.381 e. The summed E-state index contributed by atoms with van der Waals surface area (Å²) in [5, 5.41) is 9.41. The molecular formula is C10H16N4O2. The second-order valence-corrected chi connectivity index (χ2v) is 3.86. The van der Waals surface area contributed by atoms with Gasteiger partial charge in [0, 0.05) is 32.1 Å². The van der Waals surface area contributed by atoms with Crippen LogP contribution in [0.15, 0.2) is 6.33 Å². The zero-order chi connectivity index (χ0) is 11.2. The Morgan fingerprint density at radius 1 is 1.56 bits per heavy atom. The fraction of sp³-hybridized carbons (Fsp3) is 0.700. The Bertz CT molecular complexity index is 320. The summed E-state index contributed by atoms with van der Waals surface area (Å²) in [6, 6.07) is 0. The fourth-order valence-corrected chi connectivity index (χ4v) is 1.76. The van der Waals surface area contributed by atoms with Crippen LogP contribution in [-0.2, 0) is 16.0 Å². The van der Waals surface area contributed by atoms with Gasteiger partial charge >= 0.3 is 0 Å². The van der Waals surface area contributed by atoms with Crippen molar-refractivity contribution in [2.75, 3.05) is 19.8 Å². The third-order valence-electron chi connectivity index (χ3n) is 2.72. The number of nitrogens with zero attached hydrogens (tertiary/aromatic N) is 2. The van der Waals surface area contributed by atoms with E-state index in [0.29, 0.717) is 26.2 Å². The largest absolute Gasteiger partial charge is 0.381 e. The predicted molar refractivity (Wildman–Crippen MR) is 56.6 cm³/mol. The first-order valence-corrected chi connectivity index (χ1v) is 5.56. The first-order valence-electron chi connectivity index (χ1n) is 5.56. The fourth-order valence-electron chi connectivity index (χ4n) is 1.76. The summed E-state index contributed by atoms with van der Waals surface area (Å²) in [4.78, 5) is 15.7. The van der Waals surface area contributed by atoms with Gasteiger partial charge in [0.05, 0.1) is 0 Å². The Kier molecular flexibility index (Phi) is 3.87. The molecule has 1 aromatic rings. The molecular weight excluding hydrogens is 208 g/mol. The highest BCUT2D eigenvalue weighted by molar-refractivity contribution is 5.78. The molecule has 0 atom stereocenters. The number of carbonyl (C=O) groups excluding carboxylic acids is 1. The number of amides is 1. The van der Waals surface area contributed by atoms with E-state index in [1.807, 2.05) is 0 Å². The van der Waals surface area contributed by atoms with Crippen molar-refractivity contribution >= 4 is 5.91 Å². The molecule has 1 fully saturated rings. The zero-order valence-electron chi connectivity index (χ0n) is 9.11. The van der Waals surface area contributed by atoms with Gasteiger partial charge in [-0.3, -0.25) is 9.89 Å². The lowest BCUT2D eigenvalue weighted by molar-refractivity contribution is -0.127. The Morgan fingerprint density at radius 3 is 3.06 bits per heavy atom. The molecule has 1 amide bonds. The molecule has 2 rings (SSSR count). The summed E-state index contributed by atoms with van der Waals surface area (Å²) < 4.78 is 5.21. The maximum Gasteiger partial charge on any atom is 0.223 e. The average Bonchev–Trinajstić information content (AvgIpc) is 2.83. The minimum absolute atomic E-state index is 0.114. The molecule has 1 saturated heterocycles. The molecule has 0 radical (unpaired) electrons. The molecule has 1 aliphatic rings. The van der Waals surface area contributed by atoms with Crippen LogP contribution in [-0.4, -0.2) is 40.8 Å². The van der Waals surface area contributed by atoms with Crippen LogP contribution in [0.5, 0.6) is 0 Å². The van der Waals surface area contributed by atoms with Gasteiger partial charge in [0.2, 0.25) is 5.91 Å². The number of rotatable bonds is 4. The SMILES string of the molecule is O=C(NCCc1ncn[nH]1)C1CCOCC1. The predicted octanol–water partition coefficient (Wildman–Crippen LogP) is -0.110. The van der Waals surface area contributed by atoms with Gasteiger partial charge in [-0.1, -0.05) is 0 Å². The van der Waals surface area contributed by atoms with Crippen LogP contribution in [0.4, 0.5) is 0 Å². The standard InChI is InChI=1S/C10H16N4O2/c15-10(8-2-5-16-6-3-8)11-4-1-9-12-7-13-14-9/h7-8H,1-6H2,(H,11,15)(H,12,13,14). The van der Waals surface area contributed by atoms with Crippen LogP contribution in [0.2, 0.25) is 0 Å². The molecule has 0 aliphatic carbocycles. The second-order valence-electron chi connectivity index (χ2n) is 3.86. The Morgan fingerprint density at radius 2 is 2.38 bits per heavy atom. The van der Waals surface area contributed by atoms with Gasteiger partial charge in [0.15, 0.2) is 0 Å². The van der Waals surface area contributed by atoms with Gasteiger partial charge in [0.1, 0.15) is 12.2 Å². The minimum atomic E-state index is 0.114. The Labute approximate surface area is 93.8 Å². The summed E-state index contributed by atoms with van der Waals surface area (Å²) in [5.41, 5.74) is 0. The third kappa shape index (κ3) is 3.03. The number of aromatic amines is 1. The second kappa shape index (κ2) is 5.60. The first kappa shape index (κ1) is 11.1. The zero-order valence-corrected chi connectivity index (χ0v) is 9.11. The first-order chi connectivity index (χ1) is 7.86. The van der Waals surface area contributed by atoms with Crippen molar-refractivity contribution in [3.8, 4) is 0 Å². The van der Waals surface area contributed by atoms with E-state index in [1.54, 1.807) is 0 Å². The summed E-state index contributed by atoms with van der Waals surface area (Å²) in [5.74, 6) is 1.04. The number of ether oxygens (including phenoxy) is 1. The third-order valence-corrected chi connectivity index (χ3v) is 2.72. The van der Waals surface area contributed by atoms with E-state index < -0.39 is 0 Å². The lowest BCUT2D eigenvalue weighted by atomic mass is 9.99. The van der Waals surface area contributed by atoms with E-state index in [-0.39, 0.29) is 11.8 Å². The summed E-state index contributed by atoms with van der Waals surface area (Å²) in [6.07, 6.45) is 3.81. The smallest absolute Gasteiger partial charge is 0.223 e. The van der Waals surface area contributed by atoms with Gasteiger partial charge in [-0.2, -0.15) is 5.10 Å². The molecule has 0 unspecified atom stereocenters. The summed E-state index contributed by atoms with van der Waals surface area (Å²) >= 11 is 0. The normalized spacial score (nSPS) is 17.2. The number of carbonyl (C=O) groups is 1. The van der Waals surface area contributed by atoms with Crippen LogP contribution < -0.4 is 5.32 Å². The highest BCUT2D eigenvalue weighted by atomic mass is 16.5. The van der Waals surface area contributed by atoms with Gasteiger partial charge in [-0.05, 0) is 12.8 Å². The maximum absolute atomic E-state index is 11.7. The van der Waals surface area contributed by atoms with Crippen LogP contribution in [0.3, 0.4) is 0 Å². The van der Waals surface area contributed by atoms with Crippen LogP contribution in [0.1, 0.15) is 18.7 Å². The molecule has 16 heavy (non-hydrogen) atoms. The number of H-pyrrole nitrogens is 1. The molecule has 0 spiro atoms. The highest BCUT2D eigenvalue weighted by Crippen LogP contribution is 2.14. The molecule has 1 aromatic heterocycles. The van der Waals surface area contributed by atoms with Crippen molar-refractivity contribution in [1.29, 1.82) is 0 Å². The van der Waals surface area contributed by atoms with Crippen LogP contribution in [0, 0.1) is 5.92 Å². The van der Waals surface area contributed by atoms with Crippen molar-refractivity contribution in [3.05, 3.63) is 12.2 Å².